The third-order valence-electron chi connectivity index (χ3n) is 2.28. The molecule has 1 aliphatic carbocycles. The normalized spacial score (nSPS) is 26.9. The first-order valence-corrected chi connectivity index (χ1v) is 4.91. The highest BCUT2D eigenvalue weighted by atomic mass is 16.5. The molecule has 0 aromatic rings. The van der Waals surface area contributed by atoms with Crippen LogP contribution in [0.2, 0.25) is 0 Å². The topological polar surface area (TPSA) is 21.6 Å². The Balaban J connectivity index is 2.38. The van der Waals surface area contributed by atoms with Crippen molar-refractivity contribution in [2.75, 3.05) is 7.11 Å². The van der Waals surface area contributed by atoms with Gasteiger partial charge in [0.25, 0.3) is 0 Å². The highest BCUT2D eigenvalue weighted by Crippen LogP contribution is 2.18. The van der Waals surface area contributed by atoms with E-state index in [4.69, 9.17) is 4.74 Å². The van der Waals surface area contributed by atoms with Crippen LogP contribution in [0.3, 0.4) is 0 Å². The predicted octanol–water partition coefficient (Wildman–Crippen LogP) is 2.93. The zero-order valence-corrected chi connectivity index (χ0v) is 8.68. The van der Waals surface area contributed by atoms with Crippen LogP contribution in [-0.2, 0) is 4.74 Å². The van der Waals surface area contributed by atoms with Crippen LogP contribution in [0.4, 0.5) is 0 Å². The van der Waals surface area contributed by atoms with Crippen LogP contribution in [0.5, 0.6) is 0 Å². The molecule has 1 heterocycles. The molecule has 0 atom stereocenters. The standard InChI is InChI=1S/C13H13NO/c1-15-13-7-6-11-4-2-3-5-12(10-11)8-9-14-13/h2-9H,10H2,1H3/b7-6+,9-8+,11-6?,12-8?,13-7?,14-9?,14-13-. The number of aliphatic imine (C=N–C) groups is 1. The first-order chi connectivity index (χ1) is 7.38. The second-order valence-corrected chi connectivity index (χ2v) is 3.37. The highest BCUT2D eigenvalue weighted by molar-refractivity contribution is 5.88. The van der Waals surface area contributed by atoms with Crippen molar-refractivity contribution in [1.29, 1.82) is 0 Å². The Kier molecular flexibility index (Phi) is 2.98. The average molecular weight is 199 g/mol. The lowest BCUT2D eigenvalue weighted by molar-refractivity contribution is 0.407. The molecule has 2 aliphatic rings. The van der Waals surface area contributed by atoms with E-state index in [-0.39, 0.29) is 0 Å². The quantitative estimate of drug-likeness (QED) is 0.587. The lowest BCUT2D eigenvalue weighted by Crippen LogP contribution is -1.94. The molecular formula is C13H13NO. The van der Waals surface area contributed by atoms with Gasteiger partial charge in [-0.25, -0.2) is 4.99 Å². The summed E-state index contributed by atoms with van der Waals surface area (Å²) >= 11 is 0. The summed E-state index contributed by atoms with van der Waals surface area (Å²) in [7, 11) is 1.63. The van der Waals surface area contributed by atoms with E-state index in [1.54, 1.807) is 13.3 Å². The fourth-order valence-corrected chi connectivity index (χ4v) is 1.49. The number of nitrogens with zero attached hydrogens (tertiary/aromatic N) is 1. The molecule has 0 spiro atoms. The zero-order valence-electron chi connectivity index (χ0n) is 8.68. The maximum absolute atomic E-state index is 5.11. The van der Waals surface area contributed by atoms with Crippen molar-refractivity contribution in [1.82, 2.24) is 0 Å². The van der Waals surface area contributed by atoms with Gasteiger partial charge in [0.2, 0.25) is 5.90 Å². The summed E-state index contributed by atoms with van der Waals surface area (Å²) in [5.74, 6) is 0.628. The fraction of sp³-hybridized carbons (Fsp3) is 0.154. The van der Waals surface area contributed by atoms with Gasteiger partial charge in [-0.1, -0.05) is 30.4 Å². The van der Waals surface area contributed by atoms with Crippen LogP contribution in [0.25, 0.3) is 0 Å². The van der Waals surface area contributed by atoms with Gasteiger partial charge in [0.05, 0.1) is 7.11 Å². The minimum absolute atomic E-state index is 0.628. The first kappa shape index (κ1) is 9.71. The third kappa shape index (κ3) is 2.56. The van der Waals surface area contributed by atoms with E-state index >= 15 is 0 Å². The molecule has 2 rings (SSSR count). The molecular weight excluding hydrogens is 186 g/mol. The van der Waals surface area contributed by atoms with Crippen molar-refractivity contribution in [3.63, 3.8) is 0 Å². The van der Waals surface area contributed by atoms with Crippen molar-refractivity contribution >= 4 is 5.90 Å². The van der Waals surface area contributed by atoms with Gasteiger partial charge in [0.15, 0.2) is 0 Å². The van der Waals surface area contributed by atoms with Crippen LogP contribution < -0.4 is 0 Å². The van der Waals surface area contributed by atoms with Crippen LogP contribution in [0, 0.1) is 0 Å². The first-order valence-electron chi connectivity index (χ1n) is 4.91. The summed E-state index contributed by atoms with van der Waals surface area (Å²) < 4.78 is 5.11. The molecule has 0 unspecified atom stereocenters. The Labute approximate surface area is 89.7 Å². The molecule has 1 aliphatic heterocycles. The number of methoxy groups -OCH3 is 1. The average Bonchev–Trinajstić information content (AvgIpc) is 2.41. The minimum Gasteiger partial charge on any atom is -0.481 e. The Morgan fingerprint density at radius 2 is 1.80 bits per heavy atom. The van der Waals surface area contributed by atoms with Crippen LogP contribution in [0.15, 0.2) is 64.9 Å². The summed E-state index contributed by atoms with van der Waals surface area (Å²) in [4.78, 5) is 4.19. The van der Waals surface area contributed by atoms with Crippen molar-refractivity contribution in [2.45, 2.75) is 6.42 Å². The summed E-state index contributed by atoms with van der Waals surface area (Å²) in [5.41, 5.74) is 2.51. The van der Waals surface area contributed by atoms with Gasteiger partial charge in [0.1, 0.15) is 0 Å². The maximum atomic E-state index is 5.11. The van der Waals surface area contributed by atoms with E-state index in [1.165, 1.54) is 11.1 Å². The highest BCUT2D eigenvalue weighted by Gasteiger charge is 2.01. The van der Waals surface area contributed by atoms with Crippen LogP contribution in [0.1, 0.15) is 6.42 Å². The van der Waals surface area contributed by atoms with Gasteiger partial charge in [-0.15, -0.1) is 0 Å². The number of rotatable bonds is 0. The van der Waals surface area contributed by atoms with E-state index in [0.29, 0.717) is 5.90 Å². The molecule has 0 fully saturated rings. The van der Waals surface area contributed by atoms with Gasteiger partial charge >= 0.3 is 0 Å². The Morgan fingerprint density at radius 1 is 1.07 bits per heavy atom. The minimum atomic E-state index is 0.628. The SMILES string of the molecule is COC1=N\C=C\C2=CC=CC=C(\C=C\1)C2. The van der Waals surface area contributed by atoms with Gasteiger partial charge < -0.3 is 4.74 Å². The van der Waals surface area contributed by atoms with E-state index in [9.17, 15) is 0 Å². The number of allylic oxidation sites excluding steroid dienone is 8. The van der Waals surface area contributed by atoms with Gasteiger partial charge in [-0.2, -0.15) is 0 Å². The van der Waals surface area contributed by atoms with Gasteiger partial charge in [0, 0.05) is 12.3 Å². The van der Waals surface area contributed by atoms with Crippen molar-refractivity contribution in [3.05, 3.63) is 59.9 Å². The van der Waals surface area contributed by atoms with E-state index in [0.717, 1.165) is 6.42 Å². The molecule has 0 radical (unpaired) electrons. The van der Waals surface area contributed by atoms with Crippen LogP contribution in [-0.4, -0.2) is 13.0 Å². The van der Waals surface area contributed by atoms with E-state index in [2.05, 4.69) is 17.1 Å². The molecule has 0 aromatic carbocycles. The third-order valence-corrected chi connectivity index (χ3v) is 2.28. The number of fused-ring (bicyclic) bond motifs is 2. The summed E-state index contributed by atoms with van der Waals surface area (Å²) in [6, 6.07) is 0. The predicted molar refractivity (Wildman–Crippen MR) is 62.6 cm³/mol. The fourth-order valence-electron chi connectivity index (χ4n) is 1.49. The summed E-state index contributed by atoms with van der Waals surface area (Å²) in [6.45, 7) is 0. The largest absolute Gasteiger partial charge is 0.481 e. The van der Waals surface area contributed by atoms with Crippen molar-refractivity contribution in [2.24, 2.45) is 4.99 Å². The molecule has 0 saturated carbocycles. The Bertz CT molecular complexity index is 420. The Hall–Kier alpha value is -1.83. The number of ether oxygens (including phenoxy) is 1. The smallest absolute Gasteiger partial charge is 0.212 e. The monoisotopic (exact) mass is 199 g/mol. The van der Waals surface area contributed by atoms with E-state index in [1.807, 2.05) is 30.4 Å². The van der Waals surface area contributed by atoms with Crippen molar-refractivity contribution in [3.8, 4) is 0 Å². The van der Waals surface area contributed by atoms with Crippen LogP contribution >= 0.6 is 0 Å². The molecule has 0 amide bonds. The van der Waals surface area contributed by atoms with Gasteiger partial charge in [-0.05, 0) is 23.6 Å². The molecule has 15 heavy (non-hydrogen) atoms. The Morgan fingerprint density at radius 3 is 2.53 bits per heavy atom. The molecule has 76 valence electrons. The molecule has 0 N–H and O–H groups in total. The molecule has 2 heteroatoms. The summed E-state index contributed by atoms with van der Waals surface area (Å²) in [6.07, 6.45) is 16.9. The maximum Gasteiger partial charge on any atom is 0.212 e. The number of hydrogen-bond acceptors (Lipinski definition) is 2. The molecule has 2 bridgehead atoms. The second kappa shape index (κ2) is 4.60. The molecule has 2 nitrogen and oxygen atoms in total. The lowest BCUT2D eigenvalue weighted by atomic mass is 10.1. The van der Waals surface area contributed by atoms with E-state index < -0.39 is 0 Å². The van der Waals surface area contributed by atoms with Crippen molar-refractivity contribution < 1.29 is 4.74 Å². The second-order valence-electron chi connectivity index (χ2n) is 3.37. The number of hydrogen-bond donors (Lipinski definition) is 0. The van der Waals surface area contributed by atoms with Gasteiger partial charge in [-0.3, -0.25) is 0 Å². The zero-order chi connectivity index (χ0) is 10.5. The lowest BCUT2D eigenvalue weighted by Gasteiger charge is -1.99. The molecule has 0 saturated heterocycles. The molecule has 0 aromatic heterocycles. The summed E-state index contributed by atoms with van der Waals surface area (Å²) in [5, 5.41) is 0.